The van der Waals surface area contributed by atoms with E-state index in [1.165, 1.54) is 0 Å². The third-order valence-corrected chi connectivity index (χ3v) is 4.27. The van der Waals surface area contributed by atoms with Crippen LogP contribution in [0.4, 0.5) is 5.69 Å². The van der Waals surface area contributed by atoms with Crippen LogP contribution in [0.25, 0.3) is 0 Å². The quantitative estimate of drug-likeness (QED) is 0.851. The number of rotatable bonds is 2. The average Bonchev–Trinajstić information content (AvgIpc) is 2.95. The molecule has 20 heavy (non-hydrogen) atoms. The second-order valence-corrected chi connectivity index (χ2v) is 5.72. The Labute approximate surface area is 117 Å². The molecule has 106 valence electrons. The third-order valence-electron chi connectivity index (χ3n) is 4.27. The standard InChI is InChI=1S/C15H18N2O3/c1-8-3-9-6-13(18)17(2)14(9)11(4-8)12-5-10(7-16-12)15(19)20/h3-4,10,12,16H,5-7H2,1-2H3,(H,19,20). The highest BCUT2D eigenvalue weighted by Crippen LogP contribution is 2.39. The van der Waals surface area contributed by atoms with Gasteiger partial charge < -0.3 is 15.3 Å². The van der Waals surface area contributed by atoms with Crippen molar-refractivity contribution in [1.82, 2.24) is 5.32 Å². The number of hydrogen-bond donors (Lipinski definition) is 2. The first kappa shape index (κ1) is 13.1. The molecule has 0 saturated carbocycles. The van der Waals surface area contributed by atoms with Crippen LogP contribution in [0.3, 0.4) is 0 Å². The van der Waals surface area contributed by atoms with Crippen LogP contribution in [-0.2, 0) is 16.0 Å². The van der Waals surface area contributed by atoms with Gasteiger partial charge in [-0.3, -0.25) is 9.59 Å². The van der Waals surface area contributed by atoms with Crippen LogP contribution < -0.4 is 10.2 Å². The average molecular weight is 274 g/mol. The van der Waals surface area contributed by atoms with Crippen LogP contribution in [0.15, 0.2) is 12.1 Å². The minimum atomic E-state index is -0.756. The third kappa shape index (κ3) is 1.98. The predicted molar refractivity (Wildman–Crippen MR) is 74.8 cm³/mol. The van der Waals surface area contributed by atoms with Gasteiger partial charge in [-0.1, -0.05) is 17.7 Å². The van der Waals surface area contributed by atoms with Gasteiger partial charge in [0.25, 0.3) is 0 Å². The Kier molecular flexibility index (Phi) is 3.01. The molecule has 1 aromatic carbocycles. The summed E-state index contributed by atoms with van der Waals surface area (Å²) in [5, 5.41) is 12.4. The molecule has 1 amide bonds. The monoisotopic (exact) mass is 274 g/mol. The van der Waals surface area contributed by atoms with Crippen LogP contribution in [0, 0.1) is 12.8 Å². The number of aryl methyl sites for hydroxylation is 1. The summed E-state index contributed by atoms with van der Waals surface area (Å²) in [4.78, 5) is 24.7. The number of carboxylic acids is 1. The molecule has 2 aliphatic heterocycles. The zero-order valence-corrected chi connectivity index (χ0v) is 11.6. The number of anilines is 1. The number of carbonyl (C=O) groups is 2. The van der Waals surface area contributed by atoms with E-state index in [0.29, 0.717) is 19.4 Å². The molecular weight excluding hydrogens is 256 g/mol. The van der Waals surface area contributed by atoms with E-state index in [1.807, 2.05) is 13.0 Å². The SMILES string of the molecule is Cc1cc2c(c(C3CC(C(=O)O)CN3)c1)N(C)C(=O)C2. The highest BCUT2D eigenvalue weighted by Gasteiger charge is 2.35. The number of aliphatic carboxylic acids is 1. The van der Waals surface area contributed by atoms with Crippen molar-refractivity contribution in [2.75, 3.05) is 18.5 Å². The van der Waals surface area contributed by atoms with Crippen molar-refractivity contribution in [3.63, 3.8) is 0 Å². The lowest BCUT2D eigenvalue weighted by atomic mass is 9.95. The van der Waals surface area contributed by atoms with Gasteiger partial charge in [-0.05, 0) is 24.5 Å². The van der Waals surface area contributed by atoms with E-state index in [-0.39, 0.29) is 17.9 Å². The van der Waals surface area contributed by atoms with Crippen molar-refractivity contribution in [3.05, 3.63) is 28.8 Å². The summed E-state index contributed by atoms with van der Waals surface area (Å²) in [6.45, 7) is 2.50. The number of fused-ring (bicyclic) bond motifs is 1. The minimum absolute atomic E-state index is 0.0121. The van der Waals surface area contributed by atoms with E-state index in [1.54, 1.807) is 11.9 Å². The summed E-state index contributed by atoms with van der Waals surface area (Å²) in [5.41, 5.74) is 4.18. The molecule has 2 unspecified atom stereocenters. The predicted octanol–water partition coefficient (Wildman–Crippen LogP) is 1.25. The number of hydrogen-bond acceptors (Lipinski definition) is 3. The fraction of sp³-hybridized carbons (Fsp3) is 0.467. The maximum absolute atomic E-state index is 11.9. The number of carbonyl (C=O) groups excluding carboxylic acids is 1. The molecule has 3 rings (SSSR count). The van der Waals surface area contributed by atoms with E-state index in [4.69, 9.17) is 5.11 Å². The molecule has 2 heterocycles. The maximum Gasteiger partial charge on any atom is 0.307 e. The molecule has 0 spiro atoms. The Morgan fingerprint density at radius 2 is 2.20 bits per heavy atom. The molecule has 2 atom stereocenters. The first-order valence-electron chi connectivity index (χ1n) is 6.83. The van der Waals surface area contributed by atoms with Crippen molar-refractivity contribution in [3.8, 4) is 0 Å². The van der Waals surface area contributed by atoms with Crippen LogP contribution in [0.1, 0.15) is 29.2 Å². The molecule has 5 nitrogen and oxygen atoms in total. The number of carboxylic acid groups (broad SMARTS) is 1. The normalized spacial score (nSPS) is 25.1. The summed E-state index contributed by atoms with van der Waals surface area (Å²) in [6, 6.07) is 4.12. The highest BCUT2D eigenvalue weighted by atomic mass is 16.4. The smallest absolute Gasteiger partial charge is 0.307 e. The summed E-state index contributed by atoms with van der Waals surface area (Å²) >= 11 is 0. The summed E-state index contributed by atoms with van der Waals surface area (Å²) in [7, 11) is 1.79. The van der Waals surface area contributed by atoms with E-state index in [2.05, 4.69) is 11.4 Å². The molecule has 1 aromatic rings. The number of nitrogens with zero attached hydrogens (tertiary/aromatic N) is 1. The summed E-state index contributed by atoms with van der Waals surface area (Å²) < 4.78 is 0. The summed E-state index contributed by atoms with van der Waals surface area (Å²) in [6.07, 6.45) is 1.02. The number of amides is 1. The molecule has 0 bridgehead atoms. The van der Waals surface area contributed by atoms with Gasteiger partial charge in [0.05, 0.1) is 18.0 Å². The lowest BCUT2D eigenvalue weighted by molar-refractivity contribution is -0.141. The fourth-order valence-corrected chi connectivity index (χ4v) is 3.26. The Morgan fingerprint density at radius 3 is 2.85 bits per heavy atom. The highest BCUT2D eigenvalue weighted by molar-refractivity contribution is 6.02. The molecule has 5 heteroatoms. The Morgan fingerprint density at radius 1 is 1.45 bits per heavy atom. The second-order valence-electron chi connectivity index (χ2n) is 5.72. The van der Waals surface area contributed by atoms with Gasteiger partial charge in [-0.2, -0.15) is 0 Å². The lowest BCUT2D eigenvalue weighted by Gasteiger charge is -2.20. The molecule has 0 aliphatic carbocycles. The number of benzene rings is 1. The maximum atomic E-state index is 11.9. The minimum Gasteiger partial charge on any atom is -0.481 e. The van der Waals surface area contributed by atoms with Crippen LogP contribution in [0.5, 0.6) is 0 Å². The van der Waals surface area contributed by atoms with Gasteiger partial charge in [-0.25, -0.2) is 0 Å². The van der Waals surface area contributed by atoms with E-state index in [9.17, 15) is 9.59 Å². The molecular formula is C15H18N2O3. The van der Waals surface area contributed by atoms with Crippen molar-refractivity contribution >= 4 is 17.6 Å². The number of likely N-dealkylation sites (N-methyl/N-ethyl adjacent to an activating group) is 1. The van der Waals surface area contributed by atoms with Gasteiger partial charge in [-0.15, -0.1) is 0 Å². The molecule has 0 aromatic heterocycles. The fourth-order valence-electron chi connectivity index (χ4n) is 3.26. The van der Waals surface area contributed by atoms with Gasteiger partial charge in [0.1, 0.15) is 0 Å². The zero-order chi connectivity index (χ0) is 14.4. The van der Waals surface area contributed by atoms with Gasteiger partial charge >= 0.3 is 5.97 Å². The van der Waals surface area contributed by atoms with Crippen molar-refractivity contribution < 1.29 is 14.7 Å². The van der Waals surface area contributed by atoms with Crippen molar-refractivity contribution in [2.24, 2.45) is 5.92 Å². The summed E-state index contributed by atoms with van der Waals surface area (Å²) in [5.74, 6) is -1.01. The zero-order valence-electron chi connectivity index (χ0n) is 11.6. The lowest BCUT2D eigenvalue weighted by Crippen LogP contribution is -2.23. The van der Waals surface area contributed by atoms with Crippen LogP contribution in [0.2, 0.25) is 0 Å². The Hall–Kier alpha value is -1.88. The van der Waals surface area contributed by atoms with Gasteiger partial charge in [0.15, 0.2) is 0 Å². The molecule has 2 N–H and O–H groups in total. The van der Waals surface area contributed by atoms with Crippen LogP contribution >= 0.6 is 0 Å². The molecule has 1 saturated heterocycles. The van der Waals surface area contributed by atoms with E-state index >= 15 is 0 Å². The molecule has 1 fully saturated rings. The van der Waals surface area contributed by atoms with Gasteiger partial charge in [0.2, 0.25) is 5.91 Å². The first-order chi connectivity index (χ1) is 9.47. The first-order valence-corrected chi connectivity index (χ1v) is 6.83. The largest absolute Gasteiger partial charge is 0.481 e. The topological polar surface area (TPSA) is 69.6 Å². The number of nitrogens with one attached hydrogen (secondary N) is 1. The molecule has 2 aliphatic rings. The second kappa shape index (κ2) is 4.59. The Bertz CT molecular complexity index is 597. The van der Waals surface area contributed by atoms with E-state index < -0.39 is 5.97 Å². The van der Waals surface area contributed by atoms with Gasteiger partial charge in [0, 0.05) is 19.6 Å². The molecule has 0 radical (unpaired) electrons. The Balaban J connectivity index is 1.99. The van der Waals surface area contributed by atoms with Crippen LogP contribution in [-0.4, -0.2) is 30.6 Å². The van der Waals surface area contributed by atoms with Crippen molar-refractivity contribution in [2.45, 2.75) is 25.8 Å². The van der Waals surface area contributed by atoms with E-state index in [0.717, 1.165) is 22.4 Å². The van der Waals surface area contributed by atoms with Crippen molar-refractivity contribution in [1.29, 1.82) is 0 Å².